The zero-order valence-corrected chi connectivity index (χ0v) is 13.6. The van der Waals surface area contributed by atoms with Crippen LogP contribution in [-0.2, 0) is 11.3 Å². The van der Waals surface area contributed by atoms with Crippen LogP contribution in [0.3, 0.4) is 0 Å². The molecule has 0 aromatic carbocycles. The number of nitrogens with two attached hydrogens (primary N) is 1. The molecule has 3 atom stereocenters. The van der Waals surface area contributed by atoms with Gasteiger partial charge in [0.15, 0.2) is 11.9 Å². The molecule has 0 amide bonds. The standard InChI is InChI=1S/C14H18F3N5O4/c15-14(16,17)2-1-3-21-8-5-19-12(18)20-10(8)22(13(21)25)11-9(24)4-7(6-23)26-11/h5,7,9,11,23-24H,1-4,6H2,(H2,18,19,20)/t7-,9+,11+/m0/s1. The molecule has 1 fully saturated rings. The van der Waals surface area contributed by atoms with Gasteiger partial charge in [0.2, 0.25) is 5.95 Å². The van der Waals surface area contributed by atoms with Crippen LogP contribution in [0, 0.1) is 0 Å². The normalized spacial score (nSPS) is 23.8. The van der Waals surface area contributed by atoms with Crippen molar-refractivity contribution in [1.29, 1.82) is 0 Å². The third kappa shape index (κ3) is 3.52. The van der Waals surface area contributed by atoms with Gasteiger partial charge < -0.3 is 20.7 Å². The van der Waals surface area contributed by atoms with Gasteiger partial charge in [0, 0.05) is 19.4 Å². The predicted octanol–water partition coefficient (Wildman–Crippen LogP) is 0.158. The van der Waals surface area contributed by atoms with Crippen LogP contribution in [-0.4, -0.2) is 54.3 Å². The molecule has 0 bridgehead atoms. The van der Waals surface area contributed by atoms with Crippen molar-refractivity contribution in [3.63, 3.8) is 0 Å². The Morgan fingerprint density at radius 2 is 2.15 bits per heavy atom. The van der Waals surface area contributed by atoms with Crippen molar-refractivity contribution in [2.24, 2.45) is 0 Å². The monoisotopic (exact) mass is 377 g/mol. The number of nitrogen functional groups attached to an aromatic ring is 1. The van der Waals surface area contributed by atoms with Crippen LogP contribution >= 0.6 is 0 Å². The summed E-state index contributed by atoms with van der Waals surface area (Å²) in [6, 6.07) is 0. The number of aliphatic hydroxyl groups excluding tert-OH is 2. The molecule has 0 unspecified atom stereocenters. The molecule has 2 aromatic rings. The minimum absolute atomic E-state index is 0.0529. The van der Waals surface area contributed by atoms with E-state index in [0.717, 1.165) is 9.13 Å². The number of fused-ring (bicyclic) bond motifs is 1. The average molecular weight is 377 g/mol. The number of hydrogen-bond donors (Lipinski definition) is 3. The van der Waals surface area contributed by atoms with Gasteiger partial charge in [-0.15, -0.1) is 0 Å². The Labute approximate surface area is 144 Å². The minimum atomic E-state index is -4.33. The number of nitrogens with zero attached hydrogens (tertiary/aromatic N) is 4. The maximum Gasteiger partial charge on any atom is 0.389 e. The van der Waals surface area contributed by atoms with Crippen molar-refractivity contribution >= 4 is 17.1 Å². The van der Waals surface area contributed by atoms with Gasteiger partial charge in [-0.25, -0.2) is 14.3 Å². The van der Waals surface area contributed by atoms with Crippen LogP contribution in [0.25, 0.3) is 11.2 Å². The van der Waals surface area contributed by atoms with E-state index >= 15 is 0 Å². The molecule has 1 aliphatic heterocycles. The summed E-state index contributed by atoms with van der Waals surface area (Å²) in [6.07, 6.45) is -7.21. The summed E-state index contributed by atoms with van der Waals surface area (Å²) < 4.78 is 44.8. The lowest BCUT2D eigenvalue weighted by Crippen LogP contribution is -2.32. The Bertz CT molecular complexity index is 849. The van der Waals surface area contributed by atoms with E-state index in [4.69, 9.17) is 10.5 Å². The zero-order valence-electron chi connectivity index (χ0n) is 13.6. The molecule has 1 saturated heterocycles. The molecule has 9 nitrogen and oxygen atoms in total. The maximum absolute atomic E-state index is 12.8. The average Bonchev–Trinajstić information content (AvgIpc) is 3.04. The molecule has 0 spiro atoms. The first-order chi connectivity index (χ1) is 12.2. The summed E-state index contributed by atoms with van der Waals surface area (Å²) in [5, 5.41) is 19.4. The van der Waals surface area contributed by atoms with Gasteiger partial charge in [-0.3, -0.25) is 4.57 Å². The molecule has 0 saturated carbocycles. The third-order valence-electron chi connectivity index (χ3n) is 4.19. The van der Waals surface area contributed by atoms with E-state index < -0.39 is 36.7 Å². The molecule has 3 heterocycles. The molecule has 26 heavy (non-hydrogen) atoms. The predicted molar refractivity (Wildman–Crippen MR) is 83.1 cm³/mol. The molecule has 3 rings (SSSR count). The van der Waals surface area contributed by atoms with E-state index in [1.54, 1.807) is 0 Å². The second-order valence-corrected chi connectivity index (χ2v) is 6.09. The van der Waals surface area contributed by atoms with Crippen molar-refractivity contribution in [2.45, 2.75) is 50.4 Å². The lowest BCUT2D eigenvalue weighted by Gasteiger charge is -2.15. The second-order valence-electron chi connectivity index (χ2n) is 6.09. The van der Waals surface area contributed by atoms with E-state index in [9.17, 15) is 28.2 Å². The fourth-order valence-corrected chi connectivity index (χ4v) is 3.03. The Morgan fingerprint density at radius 1 is 1.42 bits per heavy atom. The van der Waals surface area contributed by atoms with Crippen molar-refractivity contribution in [1.82, 2.24) is 19.1 Å². The maximum atomic E-state index is 12.8. The fourth-order valence-electron chi connectivity index (χ4n) is 3.03. The molecule has 2 aromatic heterocycles. The first-order valence-electron chi connectivity index (χ1n) is 7.95. The Morgan fingerprint density at radius 3 is 2.77 bits per heavy atom. The highest BCUT2D eigenvalue weighted by atomic mass is 19.4. The third-order valence-corrected chi connectivity index (χ3v) is 4.19. The van der Waals surface area contributed by atoms with Gasteiger partial charge in [-0.2, -0.15) is 18.2 Å². The highest BCUT2D eigenvalue weighted by Crippen LogP contribution is 2.30. The number of rotatable bonds is 5. The summed E-state index contributed by atoms with van der Waals surface area (Å²) in [6.45, 7) is -0.551. The van der Waals surface area contributed by atoms with Gasteiger partial charge in [-0.05, 0) is 6.42 Å². The van der Waals surface area contributed by atoms with Crippen LogP contribution < -0.4 is 11.4 Å². The van der Waals surface area contributed by atoms with Crippen molar-refractivity contribution in [3.8, 4) is 0 Å². The number of ether oxygens (including phenoxy) is 1. The molecule has 144 valence electrons. The number of halogens is 3. The van der Waals surface area contributed by atoms with E-state index in [1.807, 2.05) is 0 Å². The number of aliphatic hydroxyl groups is 2. The van der Waals surface area contributed by atoms with Crippen LogP contribution in [0.5, 0.6) is 0 Å². The molecular weight excluding hydrogens is 359 g/mol. The van der Waals surface area contributed by atoms with E-state index in [0.29, 0.717) is 0 Å². The van der Waals surface area contributed by atoms with Gasteiger partial charge in [-0.1, -0.05) is 0 Å². The molecule has 0 radical (unpaired) electrons. The molecule has 4 N–H and O–H groups in total. The largest absolute Gasteiger partial charge is 0.394 e. The van der Waals surface area contributed by atoms with Gasteiger partial charge in [0.25, 0.3) is 0 Å². The van der Waals surface area contributed by atoms with Gasteiger partial charge in [0.1, 0.15) is 11.6 Å². The highest BCUT2D eigenvalue weighted by molar-refractivity contribution is 5.71. The van der Waals surface area contributed by atoms with Crippen molar-refractivity contribution in [3.05, 3.63) is 16.7 Å². The fraction of sp³-hybridized carbons (Fsp3) is 0.643. The summed E-state index contributed by atoms with van der Waals surface area (Å²) in [5.74, 6) is -0.134. The van der Waals surface area contributed by atoms with E-state index in [2.05, 4.69) is 9.97 Å². The van der Waals surface area contributed by atoms with Crippen LogP contribution in [0.4, 0.5) is 19.1 Å². The SMILES string of the molecule is Nc1ncc2c(n1)n([C@@H]1O[C@H](CO)C[C@H]1O)c(=O)n2CCCC(F)(F)F. The Kier molecular flexibility index (Phi) is 4.90. The smallest absolute Gasteiger partial charge is 0.389 e. The zero-order chi connectivity index (χ0) is 19.1. The van der Waals surface area contributed by atoms with Crippen molar-refractivity contribution in [2.75, 3.05) is 12.3 Å². The van der Waals surface area contributed by atoms with Crippen LogP contribution in [0.1, 0.15) is 25.5 Å². The molecule has 0 aliphatic carbocycles. The Hall–Kier alpha value is -2.18. The van der Waals surface area contributed by atoms with Gasteiger partial charge >= 0.3 is 11.9 Å². The second kappa shape index (κ2) is 6.85. The lowest BCUT2D eigenvalue weighted by atomic mass is 10.2. The van der Waals surface area contributed by atoms with Crippen LogP contribution in [0.2, 0.25) is 0 Å². The molecular formula is C14H18F3N5O4. The topological polar surface area (TPSA) is 128 Å². The molecule has 12 heteroatoms. The summed E-state index contributed by atoms with van der Waals surface area (Å²) in [5.41, 5.74) is 5.11. The number of aromatic nitrogens is 4. The van der Waals surface area contributed by atoms with Crippen LogP contribution in [0.15, 0.2) is 11.0 Å². The summed E-state index contributed by atoms with van der Waals surface area (Å²) in [7, 11) is 0. The first-order valence-corrected chi connectivity index (χ1v) is 7.95. The minimum Gasteiger partial charge on any atom is -0.394 e. The summed E-state index contributed by atoms with van der Waals surface area (Å²) in [4.78, 5) is 20.5. The number of anilines is 1. The van der Waals surface area contributed by atoms with E-state index in [1.165, 1.54) is 6.20 Å². The van der Waals surface area contributed by atoms with Gasteiger partial charge in [0.05, 0.1) is 18.9 Å². The first kappa shape index (κ1) is 18.6. The highest BCUT2D eigenvalue weighted by Gasteiger charge is 2.38. The summed E-state index contributed by atoms with van der Waals surface area (Å²) >= 11 is 0. The van der Waals surface area contributed by atoms with Crippen molar-refractivity contribution < 1.29 is 28.1 Å². The number of aryl methyl sites for hydroxylation is 1. The lowest BCUT2D eigenvalue weighted by molar-refractivity contribution is -0.135. The Balaban J connectivity index is 2.02. The van der Waals surface area contributed by atoms with E-state index in [-0.39, 0.29) is 43.1 Å². The number of hydrogen-bond acceptors (Lipinski definition) is 7. The number of alkyl halides is 3. The quantitative estimate of drug-likeness (QED) is 0.677. The number of imidazole rings is 1. The molecule has 1 aliphatic rings.